The summed E-state index contributed by atoms with van der Waals surface area (Å²) in [4.78, 5) is 12.2. The van der Waals surface area contributed by atoms with Crippen molar-refractivity contribution < 1.29 is 4.79 Å². The summed E-state index contributed by atoms with van der Waals surface area (Å²) in [5.74, 6) is 1.19. The van der Waals surface area contributed by atoms with Crippen LogP contribution in [0.3, 0.4) is 0 Å². The van der Waals surface area contributed by atoms with Crippen LogP contribution in [0.4, 0.5) is 0 Å². The summed E-state index contributed by atoms with van der Waals surface area (Å²) in [5, 5.41) is 6.63. The highest BCUT2D eigenvalue weighted by atomic mass is 16.2. The molecule has 0 spiro atoms. The molecule has 0 aromatic rings. The Bertz CT molecular complexity index is 271. The molecular formula is C13H24N2O. The molecule has 1 heterocycles. The number of amides is 1. The Hall–Kier alpha value is -0.570. The molecule has 2 atom stereocenters. The third-order valence-electron chi connectivity index (χ3n) is 4.04. The van der Waals surface area contributed by atoms with Crippen LogP contribution in [-0.4, -0.2) is 24.0 Å². The molecule has 0 aromatic heterocycles. The van der Waals surface area contributed by atoms with Crippen LogP contribution in [-0.2, 0) is 4.79 Å². The average molecular weight is 224 g/mol. The van der Waals surface area contributed by atoms with Crippen molar-refractivity contribution >= 4 is 5.91 Å². The van der Waals surface area contributed by atoms with Gasteiger partial charge in [0.2, 0.25) is 5.91 Å². The Labute approximate surface area is 98.4 Å². The summed E-state index contributed by atoms with van der Waals surface area (Å²) in [6.45, 7) is 7.45. The number of rotatable bonds is 3. The fourth-order valence-electron chi connectivity index (χ4n) is 2.70. The first-order valence-corrected chi connectivity index (χ1v) is 6.54. The van der Waals surface area contributed by atoms with Gasteiger partial charge in [0.05, 0.1) is 0 Å². The van der Waals surface area contributed by atoms with Gasteiger partial charge < -0.3 is 10.6 Å². The Morgan fingerprint density at radius 1 is 1.31 bits per heavy atom. The fraction of sp³-hybridized carbons (Fsp3) is 0.923. The molecule has 1 aliphatic carbocycles. The number of hydrogen-bond acceptors (Lipinski definition) is 2. The molecule has 1 saturated carbocycles. The highest BCUT2D eigenvalue weighted by molar-refractivity contribution is 5.79. The molecule has 2 rings (SSSR count). The summed E-state index contributed by atoms with van der Waals surface area (Å²) in [5.41, 5.74) is 0.00516. The molecule has 2 N–H and O–H groups in total. The lowest BCUT2D eigenvalue weighted by Gasteiger charge is -2.32. The summed E-state index contributed by atoms with van der Waals surface area (Å²) in [6, 6.07) is 0.480. The van der Waals surface area contributed by atoms with E-state index >= 15 is 0 Å². The summed E-state index contributed by atoms with van der Waals surface area (Å²) >= 11 is 0. The van der Waals surface area contributed by atoms with Crippen molar-refractivity contribution in [3.8, 4) is 0 Å². The van der Waals surface area contributed by atoms with Crippen molar-refractivity contribution in [3.05, 3.63) is 0 Å². The second kappa shape index (κ2) is 4.36. The highest BCUT2D eigenvalue weighted by Gasteiger charge is 2.40. The van der Waals surface area contributed by atoms with Gasteiger partial charge in [-0.1, -0.05) is 0 Å². The van der Waals surface area contributed by atoms with E-state index in [1.54, 1.807) is 0 Å². The Balaban J connectivity index is 1.86. The standard InChI is InChI=1S/C13H24N2O/c1-9-8-10(6-7-14-9)12(16)15-13(2,3)11-4-5-11/h9-11,14H,4-8H2,1-3H3,(H,15,16). The van der Waals surface area contributed by atoms with Gasteiger partial charge in [0.25, 0.3) is 0 Å². The lowest BCUT2D eigenvalue weighted by molar-refractivity contribution is -0.128. The minimum absolute atomic E-state index is 0.00516. The van der Waals surface area contributed by atoms with Crippen molar-refractivity contribution in [1.29, 1.82) is 0 Å². The molecule has 3 nitrogen and oxygen atoms in total. The molecule has 2 aliphatic rings. The lowest BCUT2D eigenvalue weighted by Crippen LogP contribution is -2.50. The minimum atomic E-state index is 0.00516. The Morgan fingerprint density at radius 2 is 2.00 bits per heavy atom. The van der Waals surface area contributed by atoms with Gasteiger partial charge >= 0.3 is 0 Å². The van der Waals surface area contributed by atoms with E-state index in [0.717, 1.165) is 19.4 Å². The molecule has 16 heavy (non-hydrogen) atoms. The first kappa shape index (κ1) is 11.9. The highest BCUT2D eigenvalue weighted by Crippen LogP contribution is 2.39. The monoisotopic (exact) mass is 224 g/mol. The number of nitrogens with one attached hydrogen (secondary N) is 2. The molecule has 2 unspecified atom stereocenters. The number of piperidine rings is 1. The zero-order valence-electron chi connectivity index (χ0n) is 10.7. The molecular weight excluding hydrogens is 200 g/mol. The molecule has 2 fully saturated rings. The maximum Gasteiger partial charge on any atom is 0.223 e. The maximum absolute atomic E-state index is 12.2. The van der Waals surface area contributed by atoms with E-state index in [9.17, 15) is 4.79 Å². The van der Waals surface area contributed by atoms with Crippen LogP contribution >= 0.6 is 0 Å². The van der Waals surface area contributed by atoms with E-state index < -0.39 is 0 Å². The second-order valence-corrected chi connectivity index (χ2v) is 6.06. The quantitative estimate of drug-likeness (QED) is 0.766. The molecule has 0 aromatic carbocycles. The number of hydrogen-bond donors (Lipinski definition) is 2. The van der Waals surface area contributed by atoms with Crippen molar-refractivity contribution in [2.75, 3.05) is 6.54 Å². The van der Waals surface area contributed by atoms with Crippen molar-refractivity contribution in [3.63, 3.8) is 0 Å². The van der Waals surface area contributed by atoms with Crippen LogP contribution < -0.4 is 10.6 Å². The zero-order chi connectivity index (χ0) is 11.8. The van der Waals surface area contributed by atoms with Gasteiger partial charge in [-0.2, -0.15) is 0 Å². The van der Waals surface area contributed by atoms with Gasteiger partial charge in [0.15, 0.2) is 0 Å². The van der Waals surface area contributed by atoms with Crippen molar-refractivity contribution in [2.45, 2.75) is 58.0 Å². The number of carbonyl (C=O) groups excluding carboxylic acids is 1. The van der Waals surface area contributed by atoms with Crippen LogP contribution in [0.15, 0.2) is 0 Å². The summed E-state index contributed by atoms with van der Waals surface area (Å²) in [6.07, 6.45) is 4.51. The predicted octanol–water partition coefficient (Wildman–Crippen LogP) is 1.68. The van der Waals surface area contributed by atoms with E-state index in [1.165, 1.54) is 12.8 Å². The second-order valence-electron chi connectivity index (χ2n) is 6.06. The normalized spacial score (nSPS) is 31.2. The molecule has 1 saturated heterocycles. The van der Waals surface area contributed by atoms with Gasteiger partial charge in [0.1, 0.15) is 0 Å². The topological polar surface area (TPSA) is 41.1 Å². The van der Waals surface area contributed by atoms with Crippen LogP contribution in [0.25, 0.3) is 0 Å². The van der Waals surface area contributed by atoms with Gasteiger partial charge in [0, 0.05) is 17.5 Å². The van der Waals surface area contributed by atoms with Crippen molar-refractivity contribution in [2.24, 2.45) is 11.8 Å². The molecule has 0 radical (unpaired) electrons. The van der Waals surface area contributed by atoms with Crippen LogP contribution in [0.2, 0.25) is 0 Å². The minimum Gasteiger partial charge on any atom is -0.351 e. The molecule has 0 bridgehead atoms. The van der Waals surface area contributed by atoms with E-state index in [1.807, 2.05) is 0 Å². The van der Waals surface area contributed by atoms with Crippen molar-refractivity contribution in [1.82, 2.24) is 10.6 Å². The van der Waals surface area contributed by atoms with E-state index in [-0.39, 0.29) is 17.4 Å². The first-order valence-electron chi connectivity index (χ1n) is 6.54. The third-order valence-corrected chi connectivity index (χ3v) is 4.04. The van der Waals surface area contributed by atoms with E-state index in [0.29, 0.717) is 12.0 Å². The largest absolute Gasteiger partial charge is 0.351 e. The SMILES string of the molecule is CC1CC(C(=O)NC(C)(C)C2CC2)CCN1. The van der Waals surface area contributed by atoms with Gasteiger partial charge in [-0.3, -0.25) is 4.79 Å². The van der Waals surface area contributed by atoms with E-state index in [2.05, 4.69) is 31.4 Å². The lowest BCUT2D eigenvalue weighted by atomic mass is 9.90. The van der Waals surface area contributed by atoms with Gasteiger partial charge in [-0.05, 0) is 58.9 Å². The first-order chi connectivity index (χ1) is 7.49. The average Bonchev–Trinajstić information content (AvgIpc) is 3.00. The maximum atomic E-state index is 12.2. The van der Waals surface area contributed by atoms with E-state index in [4.69, 9.17) is 0 Å². The summed E-state index contributed by atoms with van der Waals surface area (Å²) in [7, 11) is 0. The molecule has 92 valence electrons. The smallest absolute Gasteiger partial charge is 0.223 e. The summed E-state index contributed by atoms with van der Waals surface area (Å²) < 4.78 is 0. The van der Waals surface area contributed by atoms with Gasteiger partial charge in [-0.15, -0.1) is 0 Å². The van der Waals surface area contributed by atoms with Gasteiger partial charge in [-0.25, -0.2) is 0 Å². The van der Waals surface area contributed by atoms with Crippen LogP contribution in [0, 0.1) is 11.8 Å². The predicted molar refractivity (Wildman–Crippen MR) is 65.1 cm³/mol. The zero-order valence-corrected chi connectivity index (χ0v) is 10.7. The van der Waals surface area contributed by atoms with Crippen LogP contribution in [0.5, 0.6) is 0 Å². The third kappa shape index (κ3) is 2.76. The fourth-order valence-corrected chi connectivity index (χ4v) is 2.70. The Morgan fingerprint density at radius 3 is 2.56 bits per heavy atom. The molecule has 1 amide bonds. The molecule has 3 heteroatoms. The number of carbonyl (C=O) groups is 1. The molecule has 1 aliphatic heterocycles. The van der Waals surface area contributed by atoms with Crippen LogP contribution in [0.1, 0.15) is 46.5 Å². The Kier molecular flexibility index (Phi) is 3.24.